The molecule has 1 amide bonds. The molecule has 2 heterocycles. The zero-order valence-electron chi connectivity index (χ0n) is 21.6. The number of anilines is 3. The van der Waals surface area contributed by atoms with Crippen LogP contribution in [0.3, 0.4) is 0 Å². The van der Waals surface area contributed by atoms with Gasteiger partial charge in [0.25, 0.3) is 0 Å². The summed E-state index contributed by atoms with van der Waals surface area (Å²) in [6.45, 7) is 3.41. The van der Waals surface area contributed by atoms with Crippen LogP contribution in [0.15, 0.2) is 41.1 Å². The van der Waals surface area contributed by atoms with E-state index in [1.807, 2.05) is 32.9 Å². The minimum Gasteiger partial charge on any atom is -0.495 e. The van der Waals surface area contributed by atoms with E-state index in [9.17, 15) is 13.6 Å². The fraction of sp³-hybridized carbons (Fsp3) is 0.423. The van der Waals surface area contributed by atoms with Crippen LogP contribution >= 0.6 is 15.9 Å². The molecule has 9 nitrogen and oxygen atoms in total. The Balaban J connectivity index is 1.59. The van der Waals surface area contributed by atoms with Crippen molar-refractivity contribution in [1.29, 1.82) is 0 Å². The van der Waals surface area contributed by atoms with Gasteiger partial charge in [0.05, 0.1) is 24.0 Å². The van der Waals surface area contributed by atoms with Crippen molar-refractivity contribution in [3.63, 3.8) is 0 Å². The zero-order valence-corrected chi connectivity index (χ0v) is 23.1. The monoisotopic (exact) mass is 593 g/mol. The summed E-state index contributed by atoms with van der Waals surface area (Å²) in [6, 6.07) is 8.59. The Kier molecular flexibility index (Phi) is 8.39. The Bertz CT molecular complexity index is 1300. The number of hydrogen-bond donors (Lipinski definition) is 2. The van der Waals surface area contributed by atoms with Gasteiger partial charge in [-0.2, -0.15) is 8.78 Å². The second-order valence-electron chi connectivity index (χ2n) is 9.82. The Morgan fingerprint density at radius 1 is 1.11 bits per heavy atom. The standard InChI is InChI=1S/C26H30BrF2N5O4/c1-26(2,3)38-25(35)34-9-7-16(8-10-34)32-20-12-17-18(13-22(20)37-24(28)29)30-14-31-23(17)33-19-11-15(27)5-6-21(19)36-4/h5-6,11-14,16,24,32H,7-10H2,1-4H3,(H,30,31,33). The van der Waals surface area contributed by atoms with E-state index >= 15 is 0 Å². The molecule has 2 N–H and O–H groups in total. The average molecular weight is 594 g/mol. The van der Waals surface area contributed by atoms with Crippen molar-refractivity contribution < 1.29 is 27.8 Å². The fourth-order valence-electron chi connectivity index (χ4n) is 4.15. The molecule has 1 aliphatic heterocycles. The van der Waals surface area contributed by atoms with Gasteiger partial charge in [0, 0.05) is 35.1 Å². The number of hydrogen-bond acceptors (Lipinski definition) is 8. The molecule has 2 aromatic carbocycles. The number of piperidine rings is 1. The first-order chi connectivity index (χ1) is 18.0. The molecule has 38 heavy (non-hydrogen) atoms. The lowest BCUT2D eigenvalue weighted by molar-refractivity contribution is -0.0493. The second-order valence-corrected chi connectivity index (χ2v) is 10.7. The van der Waals surface area contributed by atoms with Crippen LogP contribution in [-0.2, 0) is 4.74 Å². The number of likely N-dealkylation sites (tertiary alicyclic amines) is 1. The highest BCUT2D eigenvalue weighted by atomic mass is 79.9. The summed E-state index contributed by atoms with van der Waals surface area (Å²) in [7, 11) is 1.57. The quantitative estimate of drug-likeness (QED) is 0.318. The molecule has 204 valence electrons. The van der Waals surface area contributed by atoms with Crippen LogP contribution in [0.4, 0.5) is 30.8 Å². The normalized spacial score (nSPS) is 14.5. The van der Waals surface area contributed by atoms with E-state index in [1.165, 1.54) is 12.4 Å². The molecule has 3 aromatic rings. The molecule has 0 radical (unpaired) electrons. The van der Waals surface area contributed by atoms with Crippen molar-refractivity contribution in [2.75, 3.05) is 30.8 Å². The number of nitrogens with one attached hydrogen (secondary N) is 2. The Morgan fingerprint density at radius 3 is 2.50 bits per heavy atom. The van der Waals surface area contributed by atoms with Gasteiger partial charge in [-0.3, -0.25) is 0 Å². The number of halogens is 3. The number of rotatable bonds is 7. The molecular weight excluding hydrogens is 564 g/mol. The van der Waals surface area contributed by atoms with E-state index in [2.05, 4.69) is 36.5 Å². The number of benzene rings is 2. The molecule has 0 spiro atoms. The number of aromatic nitrogens is 2. The SMILES string of the molecule is COc1ccc(Br)cc1Nc1ncnc2cc(OC(F)F)c(NC3CCN(C(=O)OC(C)(C)C)CC3)cc12. The highest BCUT2D eigenvalue weighted by molar-refractivity contribution is 9.10. The van der Waals surface area contributed by atoms with Gasteiger partial charge in [0.1, 0.15) is 23.5 Å². The van der Waals surface area contributed by atoms with Crippen LogP contribution in [0.5, 0.6) is 11.5 Å². The highest BCUT2D eigenvalue weighted by Crippen LogP contribution is 2.37. The maximum atomic E-state index is 13.3. The van der Waals surface area contributed by atoms with E-state index in [0.29, 0.717) is 59.8 Å². The Labute approximate surface area is 228 Å². The van der Waals surface area contributed by atoms with Crippen LogP contribution in [0.1, 0.15) is 33.6 Å². The van der Waals surface area contributed by atoms with Crippen molar-refractivity contribution in [3.05, 3.63) is 41.1 Å². The lowest BCUT2D eigenvalue weighted by atomic mass is 10.0. The van der Waals surface area contributed by atoms with Gasteiger partial charge in [-0.15, -0.1) is 0 Å². The molecule has 1 saturated heterocycles. The number of alkyl halides is 2. The van der Waals surface area contributed by atoms with Crippen LogP contribution in [0, 0.1) is 0 Å². The van der Waals surface area contributed by atoms with Crippen LogP contribution in [0.2, 0.25) is 0 Å². The van der Waals surface area contributed by atoms with E-state index in [1.54, 1.807) is 24.1 Å². The summed E-state index contributed by atoms with van der Waals surface area (Å²) >= 11 is 3.46. The number of amides is 1. The molecule has 1 aromatic heterocycles. The number of carbonyl (C=O) groups excluding carboxylic acids is 1. The Morgan fingerprint density at radius 2 is 1.84 bits per heavy atom. The largest absolute Gasteiger partial charge is 0.495 e. The summed E-state index contributed by atoms with van der Waals surface area (Å²) in [5, 5.41) is 7.18. The van der Waals surface area contributed by atoms with Crippen molar-refractivity contribution in [3.8, 4) is 11.5 Å². The molecule has 4 rings (SSSR count). The van der Waals surface area contributed by atoms with E-state index in [-0.39, 0.29) is 17.9 Å². The first kappa shape index (κ1) is 27.6. The molecule has 0 bridgehead atoms. The molecule has 0 saturated carbocycles. The summed E-state index contributed by atoms with van der Waals surface area (Å²) in [4.78, 5) is 22.7. The van der Waals surface area contributed by atoms with Gasteiger partial charge in [0.2, 0.25) is 0 Å². The topological polar surface area (TPSA) is 97.8 Å². The van der Waals surface area contributed by atoms with Crippen LogP contribution in [-0.4, -0.2) is 59.4 Å². The third-order valence-electron chi connectivity index (χ3n) is 5.87. The summed E-state index contributed by atoms with van der Waals surface area (Å²) in [5.41, 5.74) is 0.899. The number of fused-ring (bicyclic) bond motifs is 1. The summed E-state index contributed by atoms with van der Waals surface area (Å²) in [5.74, 6) is 1.05. The maximum Gasteiger partial charge on any atom is 0.410 e. The lowest BCUT2D eigenvalue weighted by Gasteiger charge is -2.34. The predicted molar refractivity (Wildman–Crippen MR) is 145 cm³/mol. The first-order valence-electron chi connectivity index (χ1n) is 12.1. The molecule has 0 aliphatic carbocycles. The third-order valence-corrected chi connectivity index (χ3v) is 6.37. The number of methoxy groups -OCH3 is 1. The maximum absolute atomic E-state index is 13.3. The Hall–Kier alpha value is -3.41. The summed E-state index contributed by atoms with van der Waals surface area (Å²) < 4.78 is 43.1. The van der Waals surface area contributed by atoms with E-state index in [4.69, 9.17) is 14.2 Å². The smallest absolute Gasteiger partial charge is 0.410 e. The third kappa shape index (κ3) is 6.91. The van der Waals surface area contributed by atoms with Gasteiger partial charge in [-0.05, 0) is 57.9 Å². The van der Waals surface area contributed by atoms with Gasteiger partial charge in [-0.25, -0.2) is 14.8 Å². The van der Waals surface area contributed by atoms with Crippen molar-refractivity contribution in [1.82, 2.24) is 14.9 Å². The van der Waals surface area contributed by atoms with Crippen LogP contribution in [0.25, 0.3) is 10.9 Å². The van der Waals surface area contributed by atoms with Gasteiger partial charge < -0.3 is 29.7 Å². The fourth-order valence-corrected chi connectivity index (χ4v) is 4.51. The van der Waals surface area contributed by atoms with E-state index in [0.717, 1.165) is 4.47 Å². The van der Waals surface area contributed by atoms with Crippen molar-refractivity contribution >= 4 is 50.1 Å². The van der Waals surface area contributed by atoms with Crippen LogP contribution < -0.4 is 20.1 Å². The molecule has 0 atom stereocenters. The lowest BCUT2D eigenvalue weighted by Crippen LogP contribution is -2.44. The second kappa shape index (κ2) is 11.5. The molecule has 1 aliphatic rings. The zero-order chi connectivity index (χ0) is 27.4. The highest BCUT2D eigenvalue weighted by Gasteiger charge is 2.27. The molecule has 1 fully saturated rings. The number of carbonyl (C=O) groups is 1. The predicted octanol–water partition coefficient (Wildman–Crippen LogP) is 6.56. The molecular formula is C26H30BrF2N5O4. The summed E-state index contributed by atoms with van der Waals surface area (Å²) in [6.07, 6.45) is 2.20. The average Bonchev–Trinajstić information content (AvgIpc) is 2.84. The number of ether oxygens (including phenoxy) is 3. The van der Waals surface area contributed by atoms with Crippen molar-refractivity contribution in [2.24, 2.45) is 0 Å². The first-order valence-corrected chi connectivity index (χ1v) is 12.9. The molecule has 0 unspecified atom stereocenters. The van der Waals surface area contributed by atoms with Gasteiger partial charge in [-0.1, -0.05) is 15.9 Å². The minimum absolute atomic E-state index is 0.0215. The number of nitrogens with zero attached hydrogens (tertiary/aromatic N) is 3. The van der Waals surface area contributed by atoms with E-state index < -0.39 is 12.2 Å². The minimum atomic E-state index is -3.01. The van der Waals surface area contributed by atoms with Gasteiger partial charge in [0.15, 0.2) is 5.75 Å². The molecule has 12 heteroatoms. The van der Waals surface area contributed by atoms with Crippen molar-refractivity contribution in [2.45, 2.75) is 51.9 Å². The van der Waals surface area contributed by atoms with Gasteiger partial charge >= 0.3 is 12.7 Å².